The lowest BCUT2D eigenvalue weighted by Crippen LogP contribution is -2.09. The molecule has 1 N–H and O–H groups in total. The minimum atomic E-state index is 0.885. The lowest BCUT2D eigenvalue weighted by molar-refractivity contribution is 0.659. The van der Waals surface area contributed by atoms with E-state index in [4.69, 9.17) is 0 Å². The lowest BCUT2D eigenvalue weighted by Gasteiger charge is -2.08. The van der Waals surface area contributed by atoms with Crippen molar-refractivity contribution in [1.29, 1.82) is 0 Å². The average molecular weight is 231 g/mol. The molecule has 0 aromatic carbocycles. The molecule has 0 atom stereocenters. The molecule has 5 heteroatoms. The molecule has 90 valence electrons. The number of imidazole rings is 1. The van der Waals surface area contributed by atoms with E-state index in [0.29, 0.717) is 0 Å². The molecule has 5 nitrogen and oxygen atoms in total. The topological polar surface area (TPSA) is 55.6 Å². The second-order valence-corrected chi connectivity index (χ2v) is 4.03. The zero-order valence-electron chi connectivity index (χ0n) is 10.2. The highest BCUT2D eigenvalue weighted by Crippen LogP contribution is 2.08. The molecule has 0 saturated heterocycles. The summed E-state index contributed by atoms with van der Waals surface area (Å²) in [6, 6.07) is 0. The van der Waals surface area contributed by atoms with Gasteiger partial charge in [0.1, 0.15) is 5.82 Å². The van der Waals surface area contributed by atoms with Crippen LogP contribution in [-0.2, 0) is 6.54 Å². The normalized spacial score (nSPS) is 10.5. The van der Waals surface area contributed by atoms with Gasteiger partial charge in [0.05, 0.1) is 17.7 Å². The first-order chi connectivity index (χ1) is 8.25. The minimum absolute atomic E-state index is 0.885. The molecule has 2 aromatic rings. The summed E-state index contributed by atoms with van der Waals surface area (Å²) >= 11 is 0. The van der Waals surface area contributed by atoms with Gasteiger partial charge in [0.15, 0.2) is 0 Å². The first-order valence-electron chi connectivity index (χ1n) is 5.75. The van der Waals surface area contributed by atoms with Crippen molar-refractivity contribution < 1.29 is 0 Å². The van der Waals surface area contributed by atoms with Crippen LogP contribution in [0.4, 0.5) is 5.82 Å². The smallest absolute Gasteiger partial charge is 0.147 e. The van der Waals surface area contributed by atoms with Crippen molar-refractivity contribution in [2.45, 2.75) is 26.8 Å². The summed E-state index contributed by atoms with van der Waals surface area (Å²) in [5, 5.41) is 3.31. The van der Waals surface area contributed by atoms with Crippen molar-refractivity contribution in [2.75, 3.05) is 11.9 Å². The van der Waals surface area contributed by atoms with Gasteiger partial charge in [-0.2, -0.15) is 0 Å². The molecule has 0 aliphatic heterocycles. The predicted octanol–water partition coefficient (Wildman–Crippen LogP) is 1.79. The van der Waals surface area contributed by atoms with Crippen molar-refractivity contribution >= 4 is 5.82 Å². The molecule has 0 unspecified atom stereocenters. The Morgan fingerprint density at radius 1 is 1.35 bits per heavy atom. The first kappa shape index (κ1) is 11.6. The summed E-state index contributed by atoms with van der Waals surface area (Å²) in [4.78, 5) is 12.7. The maximum absolute atomic E-state index is 4.41. The first-order valence-corrected chi connectivity index (χ1v) is 5.75. The van der Waals surface area contributed by atoms with Crippen LogP contribution in [0, 0.1) is 13.8 Å². The zero-order chi connectivity index (χ0) is 12.1. The molecule has 2 aromatic heterocycles. The molecular weight excluding hydrogens is 214 g/mol. The van der Waals surface area contributed by atoms with Crippen LogP contribution in [-0.4, -0.2) is 26.1 Å². The van der Waals surface area contributed by atoms with E-state index < -0.39 is 0 Å². The molecule has 0 saturated carbocycles. The third kappa shape index (κ3) is 3.27. The highest BCUT2D eigenvalue weighted by molar-refractivity contribution is 5.39. The van der Waals surface area contributed by atoms with Gasteiger partial charge < -0.3 is 9.88 Å². The standard InChI is InChI=1S/C12H17N5/c1-10-8-15-11(2)12(16-10)14-4-3-6-17-7-5-13-9-17/h5,7-9H,3-4,6H2,1-2H3,(H,14,16). The Bertz CT molecular complexity index is 464. The summed E-state index contributed by atoms with van der Waals surface area (Å²) in [6.45, 7) is 5.76. The summed E-state index contributed by atoms with van der Waals surface area (Å²) in [7, 11) is 0. The molecule has 0 amide bonds. The second kappa shape index (κ2) is 5.43. The van der Waals surface area contributed by atoms with E-state index in [2.05, 4.69) is 24.8 Å². The quantitative estimate of drug-likeness (QED) is 0.797. The van der Waals surface area contributed by atoms with Gasteiger partial charge in [-0.1, -0.05) is 0 Å². The number of aryl methyl sites for hydroxylation is 3. The Kier molecular flexibility index (Phi) is 3.69. The predicted molar refractivity (Wildman–Crippen MR) is 66.8 cm³/mol. The van der Waals surface area contributed by atoms with E-state index in [-0.39, 0.29) is 0 Å². The Labute approximate surface area is 101 Å². The molecule has 0 spiro atoms. The average Bonchev–Trinajstić information content (AvgIpc) is 2.82. The van der Waals surface area contributed by atoms with E-state index in [0.717, 1.165) is 36.7 Å². The summed E-state index contributed by atoms with van der Waals surface area (Å²) in [6.07, 6.45) is 8.41. The number of nitrogens with zero attached hydrogens (tertiary/aromatic N) is 4. The molecule has 0 bridgehead atoms. The van der Waals surface area contributed by atoms with Crippen LogP contribution >= 0.6 is 0 Å². The molecule has 0 fully saturated rings. The SMILES string of the molecule is Cc1cnc(C)c(NCCCn2ccnc2)n1. The van der Waals surface area contributed by atoms with Crippen LogP contribution in [0.25, 0.3) is 0 Å². The minimum Gasteiger partial charge on any atom is -0.368 e. The molecule has 0 radical (unpaired) electrons. The van der Waals surface area contributed by atoms with Gasteiger partial charge in [0.25, 0.3) is 0 Å². The number of aromatic nitrogens is 4. The van der Waals surface area contributed by atoms with Crippen molar-refractivity contribution in [1.82, 2.24) is 19.5 Å². The highest BCUT2D eigenvalue weighted by Gasteiger charge is 2.00. The Hall–Kier alpha value is -1.91. The lowest BCUT2D eigenvalue weighted by atomic mass is 10.3. The Morgan fingerprint density at radius 3 is 3.00 bits per heavy atom. The van der Waals surface area contributed by atoms with Crippen molar-refractivity contribution in [3.63, 3.8) is 0 Å². The van der Waals surface area contributed by atoms with Crippen LogP contribution in [0.2, 0.25) is 0 Å². The van der Waals surface area contributed by atoms with Crippen LogP contribution in [0.1, 0.15) is 17.8 Å². The maximum Gasteiger partial charge on any atom is 0.147 e. The van der Waals surface area contributed by atoms with Crippen LogP contribution in [0.15, 0.2) is 24.9 Å². The van der Waals surface area contributed by atoms with Crippen LogP contribution in [0.3, 0.4) is 0 Å². The van der Waals surface area contributed by atoms with E-state index in [9.17, 15) is 0 Å². The molecule has 2 heterocycles. The summed E-state index contributed by atoms with van der Waals surface area (Å²) < 4.78 is 2.07. The molecule has 2 rings (SSSR count). The van der Waals surface area contributed by atoms with Crippen LogP contribution < -0.4 is 5.32 Å². The van der Waals surface area contributed by atoms with E-state index in [1.165, 1.54) is 0 Å². The van der Waals surface area contributed by atoms with Gasteiger partial charge in [0, 0.05) is 31.7 Å². The van der Waals surface area contributed by atoms with Crippen molar-refractivity contribution in [3.8, 4) is 0 Å². The zero-order valence-corrected chi connectivity index (χ0v) is 10.2. The number of hydrogen-bond acceptors (Lipinski definition) is 4. The molecule has 0 aliphatic rings. The number of rotatable bonds is 5. The van der Waals surface area contributed by atoms with Gasteiger partial charge in [-0.3, -0.25) is 4.98 Å². The van der Waals surface area contributed by atoms with Gasteiger partial charge in [0.2, 0.25) is 0 Å². The monoisotopic (exact) mass is 231 g/mol. The largest absolute Gasteiger partial charge is 0.368 e. The third-order valence-corrected chi connectivity index (χ3v) is 2.52. The van der Waals surface area contributed by atoms with Crippen molar-refractivity contribution in [2.24, 2.45) is 0 Å². The molecule has 17 heavy (non-hydrogen) atoms. The Morgan fingerprint density at radius 2 is 2.24 bits per heavy atom. The van der Waals surface area contributed by atoms with Gasteiger partial charge in [-0.25, -0.2) is 9.97 Å². The maximum atomic E-state index is 4.41. The Balaban J connectivity index is 1.80. The van der Waals surface area contributed by atoms with E-state index >= 15 is 0 Å². The fourth-order valence-electron chi connectivity index (χ4n) is 1.59. The number of hydrogen-bond donors (Lipinski definition) is 1. The second-order valence-electron chi connectivity index (χ2n) is 4.03. The van der Waals surface area contributed by atoms with E-state index in [1.807, 2.05) is 26.4 Å². The van der Waals surface area contributed by atoms with Gasteiger partial charge in [-0.15, -0.1) is 0 Å². The third-order valence-electron chi connectivity index (χ3n) is 2.52. The summed E-state index contributed by atoms with van der Waals surface area (Å²) in [5.74, 6) is 0.885. The van der Waals surface area contributed by atoms with Crippen molar-refractivity contribution in [3.05, 3.63) is 36.3 Å². The van der Waals surface area contributed by atoms with Crippen LogP contribution in [0.5, 0.6) is 0 Å². The molecular formula is C12H17N5. The van der Waals surface area contributed by atoms with Gasteiger partial charge in [-0.05, 0) is 20.3 Å². The molecule has 0 aliphatic carbocycles. The number of anilines is 1. The fourth-order valence-corrected chi connectivity index (χ4v) is 1.59. The van der Waals surface area contributed by atoms with E-state index in [1.54, 1.807) is 12.4 Å². The fraction of sp³-hybridized carbons (Fsp3) is 0.417. The highest BCUT2D eigenvalue weighted by atomic mass is 15.0. The van der Waals surface area contributed by atoms with Gasteiger partial charge >= 0.3 is 0 Å². The number of nitrogens with one attached hydrogen (secondary N) is 1. The summed E-state index contributed by atoms with van der Waals surface area (Å²) in [5.41, 5.74) is 1.88.